The summed E-state index contributed by atoms with van der Waals surface area (Å²) in [6.45, 7) is 1.88. The lowest BCUT2D eigenvalue weighted by Gasteiger charge is -2.06. The molecule has 2 aromatic heterocycles. The van der Waals surface area contributed by atoms with E-state index in [1.165, 1.54) is 4.57 Å². The van der Waals surface area contributed by atoms with Crippen molar-refractivity contribution in [2.75, 3.05) is 0 Å². The Bertz CT molecular complexity index is 921. The van der Waals surface area contributed by atoms with Crippen LogP contribution < -0.4 is 5.69 Å². The minimum absolute atomic E-state index is 0.134. The molecule has 0 bridgehead atoms. The number of rotatable bonds is 2. The van der Waals surface area contributed by atoms with Gasteiger partial charge in [-0.3, -0.25) is 14.1 Å². The summed E-state index contributed by atoms with van der Waals surface area (Å²) in [5.41, 5.74) is 4.04. The van der Waals surface area contributed by atoms with Crippen molar-refractivity contribution < 1.29 is 0 Å². The molecule has 0 unspecified atom stereocenters. The van der Waals surface area contributed by atoms with Gasteiger partial charge in [0, 0.05) is 31.5 Å². The van der Waals surface area contributed by atoms with Crippen LogP contribution in [0.15, 0.2) is 40.4 Å². The van der Waals surface area contributed by atoms with Crippen LogP contribution in [0, 0.1) is 11.8 Å². The lowest BCUT2D eigenvalue weighted by Crippen LogP contribution is -2.19. The summed E-state index contributed by atoms with van der Waals surface area (Å²) >= 11 is 0. The van der Waals surface area contributed by atoms with Crippen molar-refractivity contribution in [2.24, 2.45) is 19.3 Å². The molecule has 0 saturated heterocycles. The van der Waals surface area contributed by atoms with Gasteiger partial charge in [0.1, 0.15) is 5.69 Å². The number of aromatic nitrogens is 3. The highest BCUT2D eigenvalue weighted by Gasteiger charge is 2.14. The minimum Gasteiger partial charge on any atom is -0.295 e. The molecule has 0 aliphatic carbocycles. The maximum Gasteiger partial charge on any atom is 0.328 e. The highest BCUT2D eigenvalue weighted by atomic mass is 16.3. The van der Waals surface area contributed by atoms with E-state index in [9.17, 15) is 9.70 Å². The van der Waals surface area contributed by atoms with Crippen LogP contribution in [0.2, 0.25) is 0 Å². The largest absolute Gasteiger partial charge is 0.328 e. The molecule has 21 heavy (non-hydrogen) atoms. The van der Waals surface area contributed by atoms with E-state index in [4.69, 9.17) is 0 Å². The smallest absolute Gasteiger partial charge is 0.295 e. The highest BCUT2D eigenvalue weighted by Crippen LogP contribution is 2.33. The summed E-state index contributed by atoms with van der Waals surface area (Å²) in [4.78, 5) is 27.3. The summed E-state index contributed by atoms with van der Waals surface area (Å²) in [6.07, 6.45) is 1.69. The molecule has 0 fully saturated rings. The maximum absolute atomic E-state index is 12.0. The molecule has 6 nitrogen and oxygen atoms in total. The zero-order chi connectivity index (χ0) is 15.1. The molecule has 3 aromatic rings. The monoisotopic (exact) mass is 282 g/mol. The number of hydrogen-bond donors (Lipinski definition) is 0. The standard InChI is InChI=1S/C15H14N4O2/c1-9-6-10(4-5-16-9)11-7-13-14(8-12(11)17-21)19(3)15(20)18(13)2/h4-8H,1-3H3. The number of nitroso groups, excluding NO2 is 1. The van der Waals surface area contributed by atoms with Crippen LogP contribution in [-0.2, 0) is 14.1 Å². The molecule has 0 saturated carbocycles. The molecule has 0 radical (unpaired) electrons. The highest BCUT2D eigenvalue weighted by molar-refractivity contribution is 5.90. The molecule has 0 N–H and O–H groups in total. The van der Waals surface area contributed by atoms with Crippen molar-refractivity contribution in [3.05, 3.63) is 51.5 Å². The summed E-state index contributed by atoms with van der Waals surface area (Å²) in [5, 5.41) is 3.11. The molecular formula is C15H14N4O2. The molecule has 1 aromatic carbocycles. The van der Waals surface area contributed by atoms with Crippen LogP contribution in [0.25, 0.3) is 22.2 Å². The Kier molecular flexibility index (Phi) is 2.94. The molecule has 0 aliphatic rings. The van der Waals surface area contributed by atoms with Gasteiger partial charge in [-0.25, -0.2) is 4.79 Å². The summed E-state index contributed by atoms with van der Waals surface area (Å²) in [7, 11) is 3.38. The Balaban J connectivity index is 2.40. The third-order valence-corrected chi connectivity index (χ3v) is 3.70. The number of benzene rings is 1. The number of nitrogens with zero attached hydrogens (tertiary/aromatic N) is 4. The van der Waals surface area contributed by atoms with E-state index in [0.717, 1.165) is 16.8 Å². The number of fused-ring (bicyclic) bond motifs is 1. The van der Waals surface area contributed by atoms with Gasteiger partial charge in [-0.2, -0.15) is 0 Å². The van der Waals surface area contributed by atoms with E-state index in [0.29, 0.717) is 16.8 Å². The predicted octanol–water partition coefficient (Wildman–Crippen LogP) is 2.65. The summed E-state index contributed by atoms with van der Waals surface area (Å²) in [5.74, 6) is 0. The third kappa shape index (κ3) is 1.96. The second-order valence-corrected chi connectivity index (χ2v) is 5.04. The summed E-state index contributed by atoms with van der Waals surface area (Å²) < 4.78 is 3.06. The molecule has 106 valence electrons. The Labute approximate surface area is 120 Å². The van der Waals surface area contributed by atoms with E-state index in [1.54, 1.807) is 30.9 Å². The van der Waals surface area contributed by atoms with Gasteiger partial charge in [0.25, 0.3) is 0 Å². The van der Waals surface area contributed by atoms with Crippen LogP contribution in [0.3, 0.4) is 0 Å². The molecular weight excluding hydrogens is 268 g/mol. The minimum atomic E-state index is -0.134. The van der Waals surface area contributed by atoms with Gasteiger partial charge in [-0.1, -0.05) is 0 Å². The third-order valence-electron chi connectivity index (χ3n) is 3.70. The Morgan fingerprint density at radius 3 is 2.38 bits per heavy atom. The van der Waals surface area contributed by atoms with Gasteiger partial charge in [0.2, 0.25) is 0 Å². The molecule has 0 amide bonds. The van der Waals surface area contributed by atoms with Gasteiger partial charge >= 0.3 is 5.69 Å². The first-order valence-corrected chi connectivity index (χ1v) is 6.49. The van der Waals surface area contributed by atoms with E-state index in [-0.39, 0.29) is 5.69 Å². The van der Waals surface area contributed by atoms with Gasteiger partial charge < -0.3 is 0 Å². The molecule has 6 heteroatoms. The lowest BCUT2D eigenvalue weighted by atomic mass is 10.0. The summed E-state index contributed by atoms with van der Waals surface area (Å²) in [6, 6.07) is 7.18. The van der Waals surface area contributed by atoms with Crippen LogP contribution in [0.4, 0.5) is 5.69 Å². The normalized spacial score (nSPS) is 11.0. The lowest BCUT2D eigenvalue weighted by molar-refractivity contribution is 0.795. The van der Waals surface area contributed by atoms with Crippen LogP contribution in [0.5, 0.6) is 0 Å². The zero-order valence-corrected chi connectivity index (χ0v) is 12.0. The number of hydrogen-bond acceptors (Lipinski definition) is 4. The predicted molar refractivity (Wildman–Crippen MR) is 81.6 cm³/mol. The Hall–Kier alpha value is -2.76. The quantitative estimate of drug-likeness (QED) is 0.678. The fraction of sp³-hybridized carbons (Fsp3) is 0.200. The Morgan fingerprint density at radius 1 is 1.10 bits per heavy atom. The Morgan fingerprint density at radius 2 is 1.76 bits per heavy atom. The van der Waals surface area contributed by atoms with Crippen molar-refractivity contribution in [3.8, 4) is 11.1 Å². The van der Waals surface area contributed by atoms with Gasteiger partial charge in [-0.05, 0) is 41.9 Å². The fourth-order valence-electron chi connectivity index (χ4n) is 2.55. The van der Waals surface area contributed by atoms with Crippen LogP contribution >= 0.6 is 0 Å². The van der Waals surface area contributed by atoms with E-state index >= 15 is 0 Å². The maximum atomic E-state index is 12.0. The molecule has 0 atom stereocenters. The van der Waals surface area contributed by atoms with Crippen molar-refractivity contribution in [1.82, 2.24) is 14.1 Å². The molecule has 0 spiro atoms. The van der Waals surface area contributed by atoms with Crippen molar-refractivity contribution in [3.63, 3.8) is 0 Å². The SMILES string of the molecule is Cc1cc(-c2cc3c(cc2N=O)n(C)c(=O)n3C)ccn1. The van der Waals surface area contributed by atoms with Crippen molar-refractivity contribution in [1.29, 1.82) is 0 Å². The first kappa shape index (κ1) is 13.2. The second kappa shape index (κ2) is 4.66. The second-order valence-electron chi connectivity index (χ2n) is 5.04. The number of pyridine rings is 1. The van der Waals surface area contributed by atoms with Gasteiger partial charge in [0.05, 0.1) is 11.0 Å². The topological polar surface area (TPSA) is 69.2 Å². The first-order valence-electron chi connectivity index (χ1n) is 6.49. The molecule has 2 heterocycles. The number of imidazole rings is 1. The van der Waals surface area contributed by atoms with Crippen molar-refractivity contribution >= 4 is 16.7 Å². The van der Waals surface area contributed by atoms with Crippen molar-refractivity contribution in [2.45, 2.75) is 6.92 Å². The van der Waals surface area contributed by atoms with Gasteiger partial charge in [-0.15, -0.1) is 4.91 Å². The van der Waals surface area contributed by atoms with Crippen LogP contribution in [0.1, 0.15) is 5.69 Å². The first-order chi connectivity index (χ1) is 10.0. The van der Waals surface area contributed by atoms with E-state index < -0.39 is 0 Å². The van der Waals surface area contributed by atoms with Crippen LogP contribution in [-0.4, -0.2) is 14.1 Å². The molecule has 0 aliphatic heterocycles. The number of aryl methyl sites for hydroxylation is 3. The fourth-order valence-corrected chi connectivity index (χ4v) is 2.55. The zero-order valence-electron chi connectivity index (χ0n) is 12.0. The van der Waals surface area contributed by atoms with E-state index in [1.807, 2.05) is 25.1 Å². The average Bonchev–Trinajstić information content (AvgIpc) is 2.70. The van der Waals surface area contributed by atoms with E-state index in [2.05, 4.69) is 10.2 Å². The van der Waals surface area contributed by atoms with Gasteiger partial charge in [0.15, 0.2) is 0 Å². The average molecular weight is 282 g/mol. The molecule has 3 rings (SSSR count).